The van der Waals surface area contributed by atoms with Crippen LogP contribution in [0.2, 0.25) is 5.02 Å². The van der Waals surface area contributed by atoms with Crippen LogP contribution in [0.4, 0.5) is 5.82 Å². The Morgan fingerprint density at radius 2 is 2.11 bits per heavy atom. The molecule has 5 rings (SSSR count). The molecule has 28 heavy (non-hydrogen) atoms. The van der Waals surface area contributed by atoms with E-state index in [0.717, 1.165) is 22.3 Å². The average Bonchev–Trinajstić information content (AvgIpc) is 3.33. The number of pyridine rings is 1. The van der Waals surface area contributed by atoms with Crippen LogP contribution in [0.5, 0.6) is 0 Å². The fraction of sp³-hybridized carbons (Fsp3) is 0.105. The third-order valence-corrected chi connectivity index (χ3v) is 4.93. The summed E-state index contributed by atoms with van der Waals surface area (Å²) in [5.74, 6) is 0.721. The monoisotopic (exact) mass is 390 g/mol. The van der Waals surface area contributed by atoms with Crippen molar-refractivity contribution in [2.75, 3.05) is 5.73 Å². The van der Waals surface area contributed by atoms with Gasteiger partial charge in [0.05, 0.1) is 35.3 Å². The largest absolute Gasteiger partial charge is 0.382 e. The van der Waals surface area contributed by atoms with E-state index in [-0.39, 0.29) is 5.92 Å². The van der Waals surface area contributed by atoms with Crippen molar-refractivity contribution >= 4 is 39.5 Å². The number of nitrogens with one attached hydrogen (secondary N) is 1. The lowest BCUT2D eigenvalue weighted by molar-refractivity contribution is 0.764. The molecule has 5 aromatic rings. The highest BCUT2D eigenvalue weighted by molar-refractivity contribution is 6.31. The van der Waals surface area contributed by atoms with E-state index in [4.69, 9.17) is 22.4 Å². The number of nitrogens with zero attached hydrogens (tertiary/aromatic N) is 6. The van der Waals surface area contributed by atoms with E-state index in [1.165, 1.54) is 0 Å². The Morgan fingerprint density at radius 3 is 2.93 bits per heavy atom. The maximum atomic E-state index is 6.25. The summed E-state index contributed by atoms with van der Waals surface area (Å²) in [5.41, 5.74) is 9.79. The van der Waals surface area contributed by atoms with E-state index in [0.29, 0.717) is 27.8 Å². The van der Waals surface area contributed by atoms with Crippen LogP contribution >= 0.6 is 11.6 Å². The van der Waals surface area contributed by atoms with E-state index >= 15 is 0 Å². The summed E-state index contributed by atoms with van der Waals surface area (Å²) < 4.78 is 1.83. The third-order valence-electron chi connectivity index (χ3n) is 4.69. The van der Waals surface area contributed by atoms with Gasteiger partial charge < -0.3 is 10.7 Å². The van der Waals surface area contributed by atoms with Gasteiger partial charge in [0.2, 0.25) is 0 Å². The van der Waals surface area contributed by atoms with Crippen LogP contribution in [-0.4, -0.2) is 34.7 Å². The molecule has 1 atom stereocenters. The topological polar surface area (TPSA) is 111 Å². The Bertz CT molecular complexity index is 1310. The first-order valence-corrected chi connectivity index (χ1v) is 9.04. The first kappa shape index (κ1) is 16.6. The van der Waals surface area contributed by atoms with Crippen molar-refractivity contribution in [2.45, 2.75) is 12.8 Å². The molecule has 0 aliphatic rings. The number of rotatable bonds is 3. The highest BCUT2D eigenvalue weighted by Crippen LogP contribution is 2.32. The van der Waals surface area contributed by atoms with Crippen molar-refractivity contribution in [1.29, 1.82) is 0 Å². The maximum Gasteiger partial charge on any atom is 0.183 e. The number of benzene rings is 1. The zero-order chi connectivity index (χ0) is 19.3. The standard InChI is InChI=1S/C19H15ClN8/c1-10(18-25-17(21)16-19(26-18)24-9-23-16)15-13-5-4-11(20)7-14(13)28(27-15)12-3-2-6-22-8-12/h2-10H,1H3,(H3,21,23,24,25,26). The van der Waals surface area contributed by atoms with Crippen LogP contribution in [-0.2, 0) is 0 Å². The number of anilines is 1. The minimum Gasteiger partial charge on any atom is -0.382 e. The molecule has 1 aromatic carbocycles. The predicted molar refractivity (Wildman–Crippen MR) is 107 cm³/mol. The second kappa shape index (κ2) is 6.28. The van der Waals surface area contributed by atoms with Crippen molar-refractivity contribution in [3.8, 4) is 5.69 Å². The number of aromatic amines is 1. The van der Waals surface area contributed by atoms with Gasteiger partial charge in [-0.2, -0.15) is 5.10 Å². The fourth-order valence-corrected chi connectivity index (χ4v) is 3.46. The average molecular weight is 391 g/mol. The lowest BCUT2D eigenvalue weighted by Gasteiger charge is -2.09. The van der Waals surface area contributed by atoms with Gasteiger partial charge in [0.15, 0.2) is 11.5 Å². The molecule has 0 saturated carbocycles. The molecule has 1 unspecified atom stereocenters. The van der Waals surface area contributed by atoms with Crippen molar-refractivity contribution in [3.05, 3.63) is 65.6 Å². The first-order chi connectivity index (χ1) is 13.6. The Balaban J connectivity index is 1.71. The third kappa shape index (κ3) is 2.57. The van der Waals surface area contributed by atoms with Crippen LogP contribution in [0.1, 0.15) is 24.4 Å². The molecule has 0 fully saturated rings. The number of hydrogen-bond acceptors (Lipinski definition) is 6. The predicted octanol–water partition coefficient (Wildman–Crippen LogP) is 3.47. The summed E-state index contributed by atoms with van der Waals surface area (Å²) in [7, 11) is 0. The summed E-state index contributed by atoms with van der Waals surface area (Å²) in [6, 6.07) is 9.51. The van der Waals surface area contributed by atoms with Crippen LogP contribution < -0.4 is 5.73 Å². The Labute approximate surface area is 164 Å². The Kier molecular flexibility index (Phi) is 3.73. The van der Waals surface area contributed by atoms with E-state index in [9.17, 15) is 0 Å². The fourth-order valence-electron chi connectivity index (χ4n) is 3.30. The molecule has 0 radical (unpaired) electrons. The summed E-state index contributed by atoms with van der Waals surface area (Å²) in [6.45, 7) is 2.00. The summed E-state index contributed by atoms with van der Waals surface area (Å²) >= 11 is 6.25. The van der Waals surface area contributed by atoms with Gasteiger partial charge in [-0.3, -0.25) is 4.98 Å². The molecule has 0 aliphatic carbocycles. The zero-order valence-electron chi connectivity index (χ0n) is 14.8. The summed E-state index contributed by atoms with van der Waals surface area (Å²) in [6.07, 6.45) is 5.03. The van der Waals surface area contributed by atoms with Crippen molar-refractivity contribution in [3.63, 3.8) is 0 Å². The minimum atomic E-state index is -0.204. The second-order valence-electron chi connectivity index (χ2n) is 6.46. The van der Waals surface area contributed by atoms with Crippen LogP contribution in [0, 0.1) is 0 Å². The molecule has 4 heterocycles. The molecule has 0 bridgehead atoms. The van der Waals surface area contributed by atoms with E-state index in [2.05, 4.69) is 24.9 Å². The van der Waals surface area contributed by atoms with E-state index in [1.54, 1.807) is 18.7 Å². The van der Waals surface area contributed by atoms with Crippen molar-refractivity contribution in [1.82, 2.24) is 34.7 Å². The van der Waals surface area contributed by atoms with Gasteiger partial charge in [-0.1, -0.05) is 11.6 Å². The summed E-state index contributed by atoms with van der Waals surface area (Å²) in [4.78, 5) is 20.4. The molecule has 0 spiro atoms. The van der Waals surface area contributed by atoms with Crippen LogP contribution in [0.15, 0.2) is 49.1 Å². The lowest BCUT2D eigenvalue weighted by atomic mass is 10.0. The van der Waals surface area contributed by atoms with Gasteiger partial charge in [0.25, 0.3) is 0 Å². The van der Waals surface area contributed by atoms with Gasteiger partial charge in [-0.05, 0) is 37.3 Å². The molecule has 8 nitrogen and oxygen atoms in total. The highest BCUT2D eigenvalue weighted by Gasteiger charge is 2.22. The summed E-state index contributed by atoms with van der Waals surface area (Å²) in [5, 5.41) is 6.44. The quantitative estimate of drug-likeness (QED) is 0.488. The number of imidazole rings is 1. The molecule has 4 aromatic heterocycles. The van der Waals surface area contributed by atoms with Crippen molar-refractivity contribution in [2.24, 2.45) is 0 Å². The number of hydrogen-bond donors (Lipinski definition) is 2. The van der Waals surface area contributed by atoms with Gasteiger partial charge in [0, 0.05) is 16.6 Å². The molecule has 0 aliphatic heterocycles. The normalized spacial score (nSPS) is 12.6. The van der Waals surface area contributed by atoms with Gasteiger partial charge in [-0.25, -0.2) is 19.6 Å². The molecule has 9 heteroatoms. The van der Waals surface area contributed by atoms with Gasteiger partial charge in [0.1, 0.15) is 11.3 Å². The lowest BCUT2D eigenvalue weighted by Crippen LogP contribution is -2.07. The van der Waals surface area contributed by atoms with E-state index in [1.807, 2.05) is 41.9 Å². The van der Waals surface area contributed by atoms with Crippen LogP contribution in [0.3, 0.4) is 0 Å². The Morgan fingerprint density at radius 1 is 1.21 bits per heavy atom. The molecular weight excluding hydrogens is 376 g/mol. The number of fused-ring (bicyclic) bond motifs is 2. The molecule has 138 valence electrons. The van der Waals surface area contributed by atoms with E-state index < -0.39 is 0 Å². The molecule has 0 amide bonds. The second-order valence-corrected chi connectivity index (χ2v) is 6.90. The number of H-pyrrole nitrogens is 1. The minimum absolute atomic E-state index is 0.204. The van der Waals surface area contributed by atoms with Gasteiger partial charge in [-0.15, -0.1) is 0 Å². The van der Waals surface area contributed by atoms with Crippen LogP contribution in [0.25, 0.3) is 27.8 Å². The molecule has 0 saturated heterocycles. The molecule has 3 N–H and O–H groups in total. The van der Waals surface area contributed by atoms with Crippen molar-refractivity contribution < 1.29 is 0 Å². The first-order valence-electron chi connectivity index (χ1n) is 8.67. The maximum absolute atomic E-state index is 6.25. The number of nitrogen functional groups attached to an aromatic ring is 1. The number of halogens is 1. The highest BCUT2D eigenvalue weighted by atomic mass is 35.5. The van der Waals surface area contributed by atoms with Gasteiger partial charge >= 0.3 is 0 Å². The number of aromatic nitrogens is 7. The SMILES string of the molecule is CC(c1nc(N)c2[nH]cnc2n1)c1nn(-c2cccnc2)c2cc(Cl)ccc12. The smallest absolute Gasteiger partial charge is 0.183 e. The molecular formula is C19H15ClN8. The number of nitrogens with two attached hydrogens (primary N) is 1. The Hall–Kier alpha value is -3.52. The zero-order valence-corrected chi connectivity index (χ0v) is 15.6.